The van der Waals surface area contributed by atoms with Crippen LogP contribution in [0.2, 0.25) is 0 Å². The first-order valence-corrected chi connectivity index (χ1v) is 7.00. The van der Waals surface area contributed by atoms with Gasteiger partial charge in [0.2, 0.25) is 0 Å². The van der Waals surface area contributed by atoms with E-state index in [-0.39, 0.29) is 0 Å². The second kappa shape index (κ2) is 7.70. The lowest BCUT2D eigenvalue weighted by atomic mass is 9.85. The molecule has 0 aliphatic carbocycles. The van der Waals surface area contributed by atoms with Gasteiger partial charge in [-0.3, -0.25) is 9.69 Å². The van der Waals surface area contributed by atoms with E-state index in [0.29, 0.717) is 6.04 Å². The van der Waals surface area contributed by atoms with Gasteiger partial charge in [0.15, 0.2) is 0 Å². The molecule has 0 amide bonds. The second-order valence-corrected chi connectivity index (χ2v) is 4.88. The van der Waals surface area contributed by atoms with Gasteiger partial charge in [-0.1, -0.05) is 40.5 Å². The molecule has 0 heterocycles. The summed E-state index contributed by atoms with van der Waals surface area (Å²) in [5.74, 6) is -0.650. The van der Waals surface area contributed by atoms with E-state index in [4.69, 9.17) is 0 Å². The number of hydrogen-bond acceptors (Lipinski definition) is 2. The van der Waals surface area contributed by atoms with Crippen molar-refractivity contribution < 1.29 is 9.90 Å². The Morgan fingerprint density at radius 1 is 1.18 bits per heavy atom. The fourth-order valence-electron chi connectivity index (χ4n) is 2.83. The summed E-state index contributed by atoms with van der Waals surface area (Å²) in [6.45, 7) is 11.3. The molecule has 0 spiro atoms. The van der Waals surface area contributed by atoms with Crippen molar-refractivity contribution in [1.29, 1.82) is 0 Å². The Morgan fingerprint density at radius 3 is 1.88 bits per heavy atom. The Labute approximate surface area is 106 Å². The van der Waals surface area contributed by atoms with Crippen molar-refractivity contribution in [2.24, 2.45) is 0 Å². The molecule has 1 atom stereocenters. The fourth-order valence-corrected chi connectivity index (χ4v) is 2.83. The van der Waals surface area contributed by atoms with E-state index >= 15 is 0 Å². The second-order valence-electron chi connectivity index (χ2n) is 4.88. The minimum atomic E-state index is -0.659. The third-order valence-corrected chi connectivity index (χ3v) is 3.74. The summed E-state index contributed by atoms with van der Waals surface area (Å²) in [6, 6.07) is 0.328. The normalized spacial score (nSPS) is 14.0. The van der Waals surface area contributed by atoms with Gasteiger partial charge >= 0.3 is 5.97 Å². The summed E-state index contributed by atoms with van der Waals surface area (Å²) in [5.41, 5.74) is -0.659. The van der Waals surface area contributed by atoms with Crippen molar-refractivity contribution in [3.05, 3.63) is 0 Å². The average Bonchev–Trinajstić information content (AvgIpc) is 2.29. The Morgan fingerprint density at radius 2 is 1.65 bits per heavy atom. The number of rotatable bonds is 9. The van der Waals surface area contributed by atoms with Crippen LogP contribution in [0.3, 0.4) is 0 Å². The molecule has 0 fully saturated rings. The van der Waals surface area contributed by atoms with E-state index in [1.165, 1.54) is 0 Å². The third-order valence-electron chi connectivity index (χ3n) is 3.74. The lowest BCUT2D eigenvalue weighted by molar-refractivity contribution is -0.155. The molecule has 3 nitrogen and oxygen atoms in total. The predicted octanol–water partition coefficient (Wildman–Crippen LogP) is 3.53. The molecule has 3 heteroatoms. The van der Waals surface area contributed by atoms with Crippen molar-refractivity contribution in [1.82, 2.24) is 4.90 Å². The van der Waals surface area contributed by atoms with Gasteiger partial charge in [0.25, 0.3) is 0 Å². The highest BCUT2D eigenvalue weighted by molar-refractivity contribution is 5.78. The summed E-state index contributed by atoms with van der Waals surface area (Å²) in [4.78, 5) is 14.0. The molecular weight excluding hydrogens is 214 g/mol. The number of likely N-dealkylation sites (N-methyl/N-ethyl adjacent to an activating group) is 1. The van der Waals surface area contributed by atoms with Crippen molar-refractivity contribution in [3.63, 3.8) is 0 Å². The van der Waals surface area contributed by atoms with Crippen LogP contribution < -0.4 is 0 Å². The van der Waals surface area contributed by atoms with Gasteiger partial charge in [0, 0.05) is 6.04 Å². The number of hydrogen-bond donors (Lipinski definition) is 1. The largest absolute Gasteiger partial charge is 0.480 e. The highest BCUT2D eigenvalue weighted by atomic mass is 16.4. The van der Waals surface area contributed by atoms with E-state index < -0.39 is 11.5 Å². The number of carboxylic acids is 1. The summed E-state index contributed by atoms with van der Waals surface area (Å²) >= 11 is 0. The molecule has 0 aliphatic rings. The molecule has 0 aromatic carbocycles. The van der Waals surface area contributed by atoms with Crippen molar-refractivity contribution in [2.75, 3.05) is 6.54 Å². The molecule has 0 saturated heterocycles. The predicted molar refractivity (Wildman–Crippen MR) is 72.3 cm³/mol. The van der Waals surface area contributed by atoms with Gasteiger partial charge in [0.1, 0.15) is 5.54 Å². The maximum atomic E-state index is 11.8. The SMILES string of the molecule is CCCC(CCC)(C(=O)O)N(CC)C(C)CC. The zero-order valence-electron chi connectivity index (χ0n) is 12.1. The minimum Gasteiger partial charge on any atom is -0.480 e. The van der Waals surface area contributed by atoms with Crippen LogP contribution in [0.1, 0.15) is 66.7 Å². The zero-order valence-corrected chi connectivity index (χ0v) is 12.1. The standard InChI is InChI=1S/C14H29NO2/c1-6-10-14(11-7-2,13(16)17)15(9-4)12(5)8-3/h12H,6-11H2,1-5H3,(H,16,17). The monoisotopic (exact) mass is 243 g/mol. The van der Waals surface area contributed by atoms with E-state index in [2.05, 4.69) is 39.5 Å². The average molecular weight is 243 g/mol. The van der Waals surface area contributed by atoms with E-state index in [1.54, 1.807) is 0 Å². The van der Waals surface area contributed by atoms with E-state index in [0.717, 1.165) is 38.6 Å². The van der Waals surface area contributed by atoms with Gasteiger partial charge in [-0.05, 0) is 32.7 Å². The molecule has 0 aromatic rings. The summed E-state index contributed by atoms with van der Waals surface area (Å²) in [6.07, 6.45) is 4.32. The van der Waals surface area contributed by atoms with Crippen LogP contribution in [0.25, 0.3) is 0 Å². The molecule has 0 aliphatic heterocycles. The van der Waals surface area contributed by atoms with Crippen LogP contribution >= 0.6 is 0 Å². The molecule has 1 N–H and O–H groups in total. The number of aliphatic carboxylic acids is 1. The number of carboxylic acid groups (broad SMARTS) is 1. The lowest BCUT2D eigenvalue weighted by Crippen LogP contribution is -2.57. The highest BCUT2D eigenvalue weighted by Gasteiger charge is 2.43. The molecule has 0 radical (unpaired) electrons. The molecular formula is C14H29NO2. The maximum absolute atomic E-state index is 11.8. The molecule has 1 unspecified atom stereocenters. The lowest BCUT2D eigenvalue weighted by Gasteiger charge is -2.43. The fraction of sp³-hybridized carbons (Fsp3) is 0.929. The summed E-state index contributed by atoms with van der Waals surface area (Å²) < 4.78 is 0. The van der Waals surface area contributed by atoms with Gasteiger partial charge < -0.3 is 5.11 Å². The van der Waals surface area contributed by atoms with Crippen molar-refractivity contribution >= 4 is 5.97 Å². The zero-order chi connectivity index (χ0) is 13.5. The Kier molecular flexibility index (Phi) is 7.44. The third kappa shape index (κ3) is 3.70. The first kappa shape index (κ1) is 16.4. The molecule has 0 aromatic heterocycles. The van der Waals surface area contributed by atoms with Crippen LogP contribution in [-0.4, -0.2) is 34.1 Å². The van der Waals surface area contributed by atoms with E-state index in [9.17, 15) is 9.90 Å². The number of nitrogens with zero attached hydrogens (tertiary/aromatic N) is 1. The molecule has 0 rings (SSSR count). The van der Waals surface area contributed by atoms with Crippen molar-refractivity contribution in [3.8, 4) is 0 Å². The first-order valence-electron chi connectivity index (χ1n) is 7.00. The quantitative estimate of drug-likeness (QED) is 0.673. The summed E-state index contributed by atoms with van der Waals surface area (Å²) in [5, 5.41) is 9.69. The Hall–Kier alpha value is -0.570. The maximum Gasteiger partial charge on any atom is 0.324 e. The Balaban J connectivity index is 5.27. The number of carbonyl (C=O) groups is 1. The van der Waals surface area contributed by atoms with Crippen LogP contribution in [0.4, 0.5) is 0 Å². The molecule has 0 bridgehead atoms. The Bertz CT molecular complexity index is 222. The molecule has 17 heavy (non-hydrogen) atoms. The topological polar surface area (TPSA) is 40.5 Å². The van der Waals surface area contributed by atoms with Crippen LogP contribution in [-0.2, 0) is 4.79 Å². The smallest absolute Gasteiger partial charge is 0.324 e. The van der Waals surface area contributed by atoms with E-state index in [1.807, 2.05) is 0 Å². The first-order chi connectivity index (χ1) is 7.99. The van der Waals surface area contributed by atoms with Crippen molar-refractivity contribution in [2.45, 2.75) is 78.3 Å². The molecule has 0 saturated carbocycles. The van der Waals surface area contributed by atoms with Crippen LogP contribution in [0.5, 0.6) is 0 Å². The van der Waals surface area contributed by atoms with Gasteiger partial charge in [-0.25, -0.2) is 0 Å². The molecule has 102 valence electrons. The highest BCUT2D eigenvalue weighted by Crippen LogP contribution is 2.30. The van der Waals surface area contributed by atoms with Crippen LogP contribution in [0.15, 0.2) is 0 Å². The van der Waals surface area contributed by atoms with Crippen LogP contribution in [0, 0.1) is 0 Å². The minimum absolute atomic E-state index is 0.328. The van der Waals surface area contributed by atoms with Gasteiger partial charge in [0.05, 0.1) is 0 Å². The summed E-state index contributed by atoms with van der Waals surface area (Å²) in [7, 11) is 0. The van der Waals surface area contributed by atoms with Gasteiger partial charge in [-0.2, -0.15) is 0 Å². The van der Waals surface area contributed by atoms with Gasteiger partial charge in [-0.15, -0.1) is 0 Å².